The summed E-state index contributed by atoms with van der Waals surface area (Å²) in [6, 6.07) is 9.88. The van der Waals surface area contributed by atoms with E-state index >= 15 is 0 Å². The molecule has 4 rings (SSSR count). The Hall–Kier alpha value is -2.14. The fraction of sp³-hybridized carbons (Fsp3) is 0.565. The lowest BCUT2D eigenvalue weighted by molar-refractivity contribution is -0.158. The van der Waals surface area contributed by atoms with Crippen LogP contribution in [0.2, 0.25) is 0 Å². The van der Waals surface area contributed by atoms with Crippen molar-refractivity contribution in [2.75, 3.05) is 39.8 Å². The summed E-state index contributed by atoms with van der Waals surface area (Å²) in [6.45, 7) is 4.21. The Labute approximate surface area is 168 Å². The van der Waals surface area contributed by atoms with Crippen LogP contribution in [0.4, 0.5) is 0 Å². The molecule has 3 aliphatic heterocycles. The Kier molecular flexibility index (Phi) is 5.54. The van der Waals surface area contributed by atoms with Crippen molar-refractivity contribution in [1.82, 2.24) is 14.7 Å². The van der Waals surface area contributed by atoms with Gasteiger partial charge in [-0.3, -0.25) is 9.59 Å². The van der Waals surface area contributed by atoms with E-state index in [1.807, 2.05) is 41.3 Å². The molecule has 0 aliphatic carbocycles. The molecule has 2 amide bonds. The highest BCUT2D eigenvalue weighted by Gasteiger charge is 2.54. The van der Waals surface area contributed by atoms with Crippen molar-refractivity contribution in [3.05, 3.63) is 42.0 Å². The first-order valence-corrected chi connectivity index (χ1v) is 10.6. The van der Waals surface area contributed by atoms with E-state index in [0.29, 0.717) is 5.91 Å². The average Bonchev–Trinajstić information content (AvgIpc) is 3.26. The van der Waals surface area contributed by atoms with Crippen molar-refractivity contribution in [3.63, 3.8) is 0 Å². The third-order valence-corrected chi connectivity index (χ3v) is 6.78. The predicted octanol–water partition coefficient (Wildman–Crippen LogP) is 2.64. The molecular weight excluding hydrogens is 350 g/mol. The molecule has 3 fully saturated rings. The zero-order valence-electron chi connectivity index (χ0n) is 16.8. The van der Waals surface area contributed by atoms with E-state index in [-0.39, 0.29) is 11.9 Å². The van der Waals surface area contributed by atoms with E-state index in [4.69, 9.17) is 0 Å². The van der Waals surface area contributed by atoms with Gasteiger partial charge in [0.1, 0.15) is 0 Å². The highest BCUT2D eigenvalue weighted by atomic mass is 16.2. The molecule has 2 atom stereocenters. The van der Waals surface area contributed by atoms with Crippen LogP contribution in [-0.2, 0) is 9.59 Å². The lowest BCUT2D eigenvalue weighted by Crippen LogP contribution is -2.66. The molecule has 0 bridgehead atoms. The van der Waals surface area contributed by atoms with Crippen molar-refractivity contribution in [3.8, 4) is 0 Å². The number of amides is 2. The molecule has 28 heavy (non-hydrogen) atoms. The number of benzene rings is 1. The van der Waals surface area contributed by atoms with Gasteiger partial charge in [-0.25, -0.2) is 0 Å². The Morgan fingerprint density at radius 1 is 1.00 bits per heavy atom. The van der Waals surface area contributed by atoms with E-state index < -0.39 is 5.41 Å². The summed E-state index contributed by atoms with van der Waals surface area (Å²) >= 11 is 0. The van der Waals surface area contributed by atoms with Gasteiger partial charge in [0.05, 0.1) is 11.5 Å². The molecule has 0 radical (unpaired) electrons. The average molecular weight is 382 g/mol. The van der Waals surface area contributed by atoms with Crippen molar-refractivity contribution >= 4 is 17.9 Å². The molecule has 0 spiro atoms. The normalized spacial score (nSPS) is 28.5. The zero-order valence-corrected chi connectivity index (χ0v) is 16.8. The van der Waals surface area contributed by atoms with Crippen molar-refractivity contribution in [2.45, 2.75) is 38.1 Å². The number of piperidine rings is 2. The minimum atomic E-state index is -0.397. The topological polar surface area (TPSA) is 43.9 Å². The smallest absolute Gasteiger partial charge is 0.246 e. The second-order valence-electron chi connectivity index (χ2n) is 8.56. The molecule has 0 saturated carbocycles. The van der Waals surface area contributed by atoms with Crippen LogP contribution in [0.5, 0.6) is 0 Å². The maximum Gasteiger partial charge on any atom is 0.246 e. The van der Waals surface area contributed by atoms with Crippen LogP contribution >= 0.6 is 0 Å². The third kappa shape index (κ3) is 3.60. The van der Waals surface area contributed by atoms with Crippen LogP contribution in [0.1, 0.15) is 37.7 Å². The fourth-order valence-corrected chi connectivity index (χ4v) is 5.21. The van der Waals surface area contributed by atoms with Crippen LogP contribution in [0, 0.1) is 5.41 Å². The molecule has 5 heteroatoms. The third-order valence-electron chi connectivity index (χ3n) is 6.78. The number of hydrogen-bond donors (Lipinski definition) is 0. The largest absolute Gasteiger partial charge is 0.342 e. The summed E-state index contributed by atoms with van der Waals surface area (Å²) in [4.78, 5) is 33.0. The van der Waals surface area contributed by atoms with Gasteiger partial charge in [-0.15, -0.1) is 0 Å². The summed E-state index contributed by atoms with van der Waals surface area (Å²) in [7, 11) is 2.10. The highest BCUT2D eigenvalue weighted by Crippen LogP contribution is 2.44. The summed E-state index contributed by atoms with van der Waals surface area (Å²) in [6.07, 6.45) is 8.45. The molecule has 3 saturated heterocycles. The molecule has 0 unspecified atom stereocenters. The van der Waals surface area contributed by atoms with Gasteiger partial charge in [-0.2, -0.15) is 0 Å². The predicted molar refractivity (Wildman–Crippen MR) is 111 cm³/mol. The maximum atomic E-state index is 13.6. The molecule has 150 valence electrons. The van der Waals surface area contributed by atoms with Gasteiger partial charge in [-0.05, 0) is 57.3 Å². The van der Waals surface area contributed by atoms with Crippen LogP contribution in [0.25, 0.3) is 6.08 Å². The fourth-order valence-electron chi connectivity index (χ4n) is 5.21. The van der Waals surface area contributed by atoms with Crippen LogP contribution < -0.4 is 0 Å². The standard InChI is InChI=1S/C23H31N3O2/c1-24-17-13-23(22(28)25-14-5-6-15-25)12-7-16-26(20(23)18-24)21(27)11-10-19-8-3-2-4-9-19/h2-4,8-11,20H,5-7,12-18H2,1H3/b11-10+/t20-,23+/m0/s1. The van der Waals surface area contributed by atoms with E-state index in [1.165, 1.54) is 0 Å². The Bertz CT molecular complexity index is 741. The molecule has 3 heterocycles. The number of likely N-dealkylation sites (tertiary alicyclic amines) is 3. The minimum Gasteiger partial charge on any atom is -0.342 e. The maximum absolute atomic E-state index is 13.6. The number of nitrogens with zero attached hydrogens (tertiary/aromatic N) is 3. The first kappa shape index (κ1) is 19.2. The minimum absolute atomic E-state index is 0.0268. The highest BCUT2D eigenvalue weighted by molar-refractivity contribution is 5.93. The van der Waals surface area contributed by atoms with Gasteiger partial charge in [0.25, 0.3) is 0 Å². The summed E-state index contributed by atoms with van der Waals surface area (Å²) < 4.78 is 0. The Morgan fingerprint density at radius 3 is 2.50 bits per heavy atom. The number of carbonyl (C=O) groups excluding carboxylic acids is 2. The van der Waals surface area contributed by atoms with Gasteiger partial charge in [0.15, 0.2) is 0 Å². The number of fused-ring (bicyclic) bond motifs is 1. The molecular formula is C23H31N3O2. The molecule has 0 N–H and O–H groups in total. The van der Waals surface area contributed by atoms with E-state index in [9.17, 15) is 9.59 Å². The first-order valence-electron chi connectivity index (χ1n) is 10.6. The number of carbonyl (C=O) groups is 2. The molecule has 5 nitrogen and oxygen atoms in total. The van der Waals surface area contributed by atoms with Gasteiger partial charge in [-0.1, -0.05) is 30.3 Å². The van der Waals surface area contributed by atoms with E-state index in [0.717, 1.165) is 70.4 Å². The summed E-state index contributed by atoms with van der Waals surface area (Å²) in [5.74, 6) is 0.329. The van der Waals surface area contributed by atoms with E-state index in [1.54, 1.807) is 6.08 Å². The van der Waals surface area contributed by atoms with Crippen molar-refractivity contribution < 1.29 is 9.59 Å². The molecule has 0 aromatic heterocycles. The van der Waals surface area contributed by atoms with Gasteiger partial charge in [0, 0.05) is 32.3 Å². The second-order valence-corrected chi connectivity index (χ2v) is 8.56. The SMILES string of the molecule is CN1CC[C@]2(C(=O)N3CCCC3)CCCN(C(=O)/C=C/c3ccccc3)[C@H]2C1. The van der Waals surface area contributed by atoms with Gasteiger partial charge >= 0.3 is 0 Å². The zero-order chi connectivity index (χ0) is 19.6. The summed E-state index contributed by atoms with van der Waals surface area (Å²) in [5.41, 5.74) is 0.624. The Morgan fingerprint density at radius 2 is 1.75 bits per heavy atom. The van der Waals surface area contributed by atoms with Crippen LogP contribution in [-0.4, -0.2) is 72.3 Å². The van der Waals surface area contributed by atoms with Crippen molar-refractivity contribution in [1.29, 1.82) is 0 Å². The lowest BCUT2D eigenvalue weighted by atomic mass is 9.67. The van der Waals surface area contributed by atoms with E-state index in [2.05, 4.69) is 16.8 Å². The van der Waals surface area contributed by atoms with Crippen molar-refractivity contribution in [2.24, 2.45) is 5.41 Å². The van der Waals surface area contributed by atoms with Gasteiger partial charge < -0.3 is 14.7 Å². The number of hydrogen-bond acceptors (Lipinski definition) is 3. The lowest BCUT2D eigenvalue weighted by Gasteiger charge is -2.54. The van der Waals surface area contributed by atoms with Gasteiger partial charge in [0.2, 0.25) is 11.8 Å². The first-order chi connectivity index (χ1) is 13.6. The molecule has 3 aliphatic rings. The molecule has 1 aromatic rings. The molecule has 1 aromatic carbocycles. The van der Waals surface area contributed by atoms with Crippen LogP contribution in [0.3, 0.4) is 0 Å². The monoisotopic (exact) mass is 381 g/mol. The number of rotatable bonds is 3. The van der Waals surface area contributed by atoms with Crippen LogP contribution in [0.15, 0.2) is 36.4 Å². The quantitative estimate of drug-likeness (QED) is 0.756. The second kappa shape index (κ2) is 8.08. The Balaban J connectivity index is 1.58. The summed E-state index contributed by atoms with van der Waals surface area (Å²) in [5, 5.41) is 0. The number of likely N-dealkylation sites (N-methyl/N-ethyl adjacent to an activating group) is 1.